The van der Waals surface area contributed by atoms with E-state index in [1.807, 2.05) is 0 Å². The van der Waals surface area contributed by atoms with E-state index in [0.717, 1.165) is 39.1 Å². The fourth-order valence-corrected chi connectivity index (χ4v) is 9.19. The minimum atomic E-state index is -1.57. The fourth-order valence-electron chi connectivity index (χ4n) is 5.98. The molecule has 2 spiro atoms. The molecule has 2 saturated carbocycles. The molecule has 0 aromatic heterocycles. The van der Waals surface area contributed by atoms with Crippen LogP contribution in [0.15, 0.2) is 0 Å². The molecule has 0 aromatic rings. The molecule has 28 heavy (non-hydrogen) atoms. The lowest BCUT2D eigenvalue weighted by Crippen LogP contribution is -2.45. The Morgan fingerprint density at radius 2 is 1.68 bits per heavy atom. The van der Waals surface area contributed by atoms with Crippen molar-refractivity contribution < 1.29 is 18.6 Å². The predicted octanol–water partition coefficient (Wildman–Crippen LogP) is 6.05. The summed E-state index contributed by atoms with van der Waals surface area (Å²) < 4.78 is 25.2. The highest BCUT2D eigenvalue weighted by molar-refractivity contribution is 6.73. The lowest BCUT2D eigenvalue weighted by atomic mass is 9.70. The Bertz CT molecular complexity index is 491. The summed E-state index contributed by atoms with van der Waals surface area (Å²) >= 11 is 0. The van der Waals surface area contributed by atoms with Crippen LogP contribution in [0, 0.1) is 5.41 Å². The first-order valence-corrected chi connectivity index (χ1v) is 14.4. The average Bonchev–Trinajstić information content (AvgIpc) is 3.27. The molecule has 0 N–H and O–H groups in total. The SMILES string of the molecule is CC[Si](CC)(CC)OC(C)(C)CCO[C@@H]1CC[C@]2(CCCC3(C2)OCCO3)C1. The van der Waals surface area contributed by atoms with Crippen LogP contribution in [-0.2, 0) is 18.6 Å². The third-order valence-corrected chi connectivity index (χ3v) is 12.7. The monoisotopic (exact) mass is 412 g/mol. The molecular formula is C23H44O4Si. The van der Waals surface area contributed by atoms with Crippen LogP contribution in [0.25, 0.3) is 0 Å². The summed E-state index contributed by atoms with van der Waals surface area (Å²) in [4.78, 5) is 0. The third kappa shape index (κ3) is 5.21. The maximum Gasteiger partial charge on any atom is 0.192 e. The van der Waals surface area contributed by atoms with Crippen LogP contribution in [0.2, 0.25) is 18.1 Å². The van der Waals surface area contributed by atoms with E-state index in [-0.39, 0.29) is 11.4 Å². The fraction of sp³-hybridized carbons (Fsp3) is 1.00. The molecule has 1 aliphatic heterocycles. The molecule has 3 aliphatic rings. The van der Waals surface area contributed by atoms with Crippen molar-refractivity contribution in [3.8, 4) is 0 Å². The maximum atomic E-state index is 6.74. The van der Waals surface area contributed by atoms with Crippen molar-refractivity contribution in [1.29, 1.82) is 0 Å². The Balaban J connectivity index is 1.46. The quantitative estimate of drug-likeness (QED) is 0.432. The molecule has 0 radical (unpaired) electrons. The first-order chi connectivity index (χ1) is 13.3. The third-order valence-electron chi connectivity index (χ3n) is 7.86. The van der Waals surface area contributed by atoms with E-state index in [9.17, 15) is 0 Å². The largest absolute Gasteiger partial charge is 0.412 e. The van der Waals surface area contributed by atoms with Gasteiger partial charge in [0.1, 0.15) is 0 Å². The van der Waals surface area contributed by atoms with Crippen molar-refractivity contribution in [1.82, 2.24) is 0 Å². The highest BCUT2D eigenvalue weighted by atomic mass is 28.4. The van der Waals surface area contributed by atoms with E-state index >= 15 is 0 Å². The molecule has 0 amide bonds. The van der Waals surface area contributed by atoms with E-state index in [0.29, 0.717) is 11.5 Å². The van der Waals surface area contributed by atoms with Gasteiger partial charge in [0.2, 0.25) is 0 Å². The van der Waals surface area contributed by atoms with Gasteiger partial charge in [-0.05, 0) is 75.9 Å². The minimum Gasteiger partial charge on any atom is -0.412 e. The summed E-state index contributed by atoms with van der Waals surface area (Å²) in [6, 6.07) is 3.63. The van der Waals surface area contributed by atoms with Crippen LogP contribution < -0.4 is 0 Å². The zero-order valence-electron chi connectivity index (χ0n) is 19.1. The lowest BCUT2D eigenvalue weighted by Gasteiger charge is -2.43. The molecule has 0 aromatic carbocycles. The van der Waals surface area contributed by atoms with E-state index in [1.54, 1.807) is 0 Å². The highest BCUT2D eigenvalue weighted by Crippen LogP contribution is 2.54. The van der Waals surface area contributed by atoms with Gasteiger partial charge in [-0.25, -0.2) is 0 Å². The van der Waals surface area contributed by atoms with Crippen LogP contribution in [-0.4, -0.2) is 45.6 Å². The summed E-state index contributed by atoms with van der Waals surface area (Å²) in [6.45, 7) is 13.8. The van der Waals surface area contributed by atoms with Crippen molar-refractivity contribution in [3.05, 3.63) is 0 Å². The van der Waals surface area contributed by atoms with Gasteiger partial charge < -0.3 is 18.6 Å². The molecule has 4 nitrogen and oxygen atoms in total. The summed E-state index contributed by atoms with van der Waals surface area (Å²) in [5.74, 6) is -0.266. The van der Waals surface area contributed by atoms with Gasteiger partial charge >= 0.3 is 0 Å². The van der Waals surface area contributed by atoms with Gasteiger partial charge in [0.25, 0.3) is 0 Å². The number of rotatable bonds is 9. The minimum absolute atomic E-state index is 0.0784. The molecule has 5 heteroatoms. The molecule has 164 valence electrons. The second-order valence-electron chi connectivity index (χ2n) is 10.2. The standard InChI is InChI=1S/C23H44O4Si/c1-6-28(7-2,8-3)27-21(4,5)14-15-24-20-10-13-22(18-20)11-9-12-23(19-22)25-16-17-26-23/h20H,6-19H2,1-5H3/t20-,22-/m1/s1. The van der Waals surface area contributed by atoms with Gasteiger partial charge in [-0.3, -0.25) is 0 Å². The van der Waals surface area contributed by atoms with Crippen molar-refractivity contribution in [2.45, 2.75) is 122 Å². The average molecular weight is 413 g/mol. The highest BCUT2D eigenvalue weighted by Gasteiger charge is 2.51. The van der Waals surface area contributed by atoms with Crippen LogP contribution in [0.4, 0.5) is 0 Å². The van der Waals surface area contributed by atoms with Crippen molar-refractivity contribution in [3.63, 3.8) is 0 Å². The van der Waals surface area contributed by atoms with Gasteiger partial charge in [0, 0.05) is 19.4 Å². The Kier molecular flexibility index (Phi) is 7.35. The van der Waals surface area contributed by atoms with E-state index in [4.69, 9.17) is 18.6 Å². The molecule has 0 bridgehead atoms. The number of hydrogen-bond acceptors (Lipinski definition) is 4. The van der Waals surface area contributed by atoms with E-state index < -0.39 is 8.32 Å². The van der Waals surface area contributed by atoms with Crippen LogP contribution in [0.1, 0.15) is 86.0 Å². The van der Waals surface area contributed by atoms with Crippen molar-refractivity contribution >= 4 is 8.32 Å². The molecule has 1 heterocycles. The summed E-state index contributed by atoms with van der Waals surface area (Å²) in [5, 5.41) is 0. The smallest absolute Gasteiger partial charge is 0.192 e. The summed E-state index contributed by atoms with van der Waals surface area (Å²) in [5.41, 5.74) is 0.305. The number of hydrogen-bond donors (Lipinski definition) is 0. The molecule has 1 saturated heterocycles. The lowest BCUT2D eigenvalue weighted by molar-refractivity contribution is -0.202. The van der Waals surface area contributed by atoms with Crippen molar-refractivity contribution in [2.24, 2.45) is 5.41 Å². The van der Waals surface area contributed by atoms with Gasteiger partial charge in [0.05, 0.1) is 24.9 Å². The second kappa shape index (κ2) is 9.05. The maximum absolute atomic E-state index is 6.74. The molecule has 3 fully saturated rings. The summed E-state index contributed by atoms with van der Waals surface area (Å²) in [7, 11) is -1.57. The van der Waals surface area contributed by atoms with E-state index in [1.165, 1.54) is 50.2 Å². The normalized spacial score (nSPS) is 30.5. The summed E-state index contributed by atoms with van der Waals surface area (Å²) in [6.07, 6.45) is 9.72. The van der Waals surface area contributed by atoms with Gasteiger partial charge in [-0.1, -0.05) is 20.8 Å². The van der Waals surface area contributed by atoms with Crippen LogP contribution in [0.3, 0.4) is 0 Å². The zero-order chi connectivity index (χ0) is 20.3. The van der Waals surface area contributed by atoms with Gasteiger partial charge in [-0.15, -0.1) is 0 Å². The molecule has 3 rings (SSSR count). The van der Waals surface area contributed by atoms with Crippen LogP contribution in [0.5, 0.6) is 0 Å². The predicted molar refractivity (Wildman–Crippen MR) is 116 cm³/mol. The molecule has 0 unspecified atom stereocenters. The first kappa shape index (κ1) is 22.7. The second-order valence-corrected chi connectivity index (χ2v) is 14.9. The first-order valence-electron chi connectivity index (χ1n) is 11.9. The van der Waals surface area contributed by atoms with Crippen LogP contribution >= 0.6 is 0 Å². The Morgan fingerprint density at radius 1 is 1.00 bits per heavy atom. The Hall–Kier alpha value is 0.0569. The Labute approximate surface area is 174 Å². The molecule has 2 atom stereocenters. The number of ether oxygens (including phenoxy) is 3. The molecular weight excluding hydrogens is 368 g/mol. The zero-order valence-corrected chi connectivity index (χ0v) is 20.1. The van der Waals surface area contributed by atoms with Gasteiger partial charge in [-0.2, -0.15) is 0 Å². The van der Waals surface area contributed by atoms with Gasteiger partial charge in [0.15, 0.2) is 14.1 Å². The molecule has 2 aliphatic carbocycles. The van der Waals surface area contributed by atoms with Crippen molar-refractivity contribution in [2.75, 3.05) is 19.8 Å². The Morgan fingerprint density at radius 3 is 2.32 bits per heavy atom. The topological polar surface area (TPSA) is 36.9 Å². The van der Waals surface area contributed by atoms with E-state index in [2.05, 4.69) is 34.6 Å².